The van der Waals surface area contributed by atoms with Gasteiger partial charge >= 0.3 is 6.09 Å². The van der Waals surface area contributed by atoms with Crippen LogP contribution < -0.4 is 5.32 Å². The molecule has 28 heavy (non-hydrogen) atoms. The SMILES string of the molecule is C=C(C)C(=O)NC(=O)OC1CCC2(CO2)C(C2(C)OC2CC=C(C)C)C1OC. The topological polar surface area (TPSA) is 89.7 Å². The van der Waals surface area contributed by atoms with Crippen molar-refractivity contribution in [3.63, 3.8) is 0 Å². The third-order valence-corrected chi connectivity index (χ3v) is 6.10. The molecule has 1 saturated carbocycles. The molecule has 2 saturated heterocycles. The lowest BCUT2D eigenvalue weighted by Gasteiger charge is -2.42. The molecule has 2 amide bonds. The largest absolute Gasteiger partial charge is 0.443 e. The van der Waals surface area contributed by atoms with Crippen LogP contribution in [-0.2, 0) is 23.7 Å². The summed E-state index contributed by atoms with van der Waals surface area (Å²) in [5.41, 5.74) is 0.823. The maximum Gasteiger partial charge on any atom is 0.414 e. The van der Waals surface area contributed by atoms with Gasteiger partial charge in [0.15, 0.2) is 0 Å². The summed E-state index contributed by atoms with van der Waals surface area (Å²) in [4.78, 5) is 23.8. The highest BCUT2D eigenvalue weighted by atomic mass is 16.6. The number of imide groups is 1. The Morgan fingerprint density at radius 3 is 2.54 bits per heavy atom. The number of carbonyl (C=O) groups is 2. The van der Waals surface area contributed by atoms with E-state index >= 15 is 0 Å². The van der Waals surface area contributed by atoms with E-state index < -0.39 is 23.7 Å². The summed E-state index contributed by atoms with van der Waals surface area (Å²) < 4.78 is 23.4. The second-order valence-electron chi connectivity index (χ2n) is 8.56. The van der Waals surface area contributed by atoms with Crippen molar-refractivity contribution in [2.75, 3.05) is 13.7 Å². The van der Waals surface area contributed by atoms with Gasteiger partial charge in [0.2, 0.25) is 0 Å². The highest BCUT2D eigenvalue weighted by Crippen LogP contribution is 2.59. The molecule has 7 nitrogen and oxygen atoms in total. The second kappa shape index (κ2) is 7.61. The predicted molar refractivity (Wildman–Crippen MR) is 103 cm³/mol. The Hall–Kier alpha value is -1.70. The number of methoxy groups -OCH3 is 1. The van der Waals surface area contributed by atoms with Crippen LogP contribution in [0.4, 0.5) is 4.79 Å². The maximum absolute atomic E-state index is 12.2. The number of amides is 2. The Morgan fingerprint density at radius 2 is 2.00 bits per heavy atom. The molecule has 0 aromatic heterocycles. The first-order valence-electron chi connectivity index (χ1n) is 9.78. The van der Waals surface area contributed by atoms with E-state index in [4.69, 9.17) is 18.9 Å². The Balaban J connectivity index is 1.72. The molecule has 1 N–H and O–H groups in total. The van der Waals surface area contributed by atoms with Crippen molar-refractivity contribution in [3.05, 3.63) is 23.8 Å². The molecule has 6 unspecified atom stereocenters. The smallest absolute Gasteiger partial charge is 0.414 e. The number of nitrogens with one attached hydrogen (secondary N) is 1. The van der Waals surface area contributed by atoms with Gasteiger partial charge in [0.05, 0.1) is 18.6 Å². The zero-order valence-corrected chi connectivity index (χ0v) is 17.4. The third kappa shape index (κ3) is 4.02. The van der Waals surface area contributed by atoms with Crippen LogP contribution in [0.5, 0.6) is 0 Å². The number of epoxide rings is 2. The van der Waals surface area contributed by atoms with Gasteiger partial charge in [-0.25, -0.2) is 4.79 Å². The summed E-state index contributed by atoms with van der Waals surface area (Å²) in [6, 6.07) is 0. The molecule has 3 aliphatic rings. The summed E-state index contributed by atoms with van der Waals surface area (Å²) in [6.07, 6.45) is 2.83. The number of allylic oxidation sites excluding steroid dienone is 1. The van der Waals surface area contributed by atoms with Crippen molar-refractivity contribution in [2.45, 2.75) is 76.5 Å². The van der Waals surface area contributed by atoms with Crippen molar-refractivity contribution >= 4 is 12.0 Å². The Kier molecular flexibility index (Phi) is 5.71. The van der Waals surface area contributed by atoms with Crippen molar-refractivity contribution in [1.82, 2.24) is 5.32 Å². The summed E-state index contributed by atoms with van der Waals surface area (Å²) >= 11 is 0. The van der Waals surface area contributed by atoms with Gasteiger partial charge in [-0.05, 0) is 47.0 Å². The fourth-order valence-electron chi connectivity index (χ4n) is 4.44. The van der Waals surface area contributed by atoms with Crippen LogP contribution >= 0.6 is 0 Å². The van der Waals surface area contributed by atoms with Gasteiger partial charge < -0.3 is 18.9 Å². The molecule has 6 atom stereocenters. The van der Waals surface area contributed by atoms with Crippen molar-refractivity contribution in [3.8, 4) is 0 Å². The monoisotopic (exact) mass is 393 g/mol. The van der Waals surface area contributed by atoms with Crippen LogP contribution in [0.25, 0.3) is 0 Å². The first kappa shape index (κ1) is 21.0. The summed E-state index contributed by atoms with van der Waals surface area (Å²) in [5, 5.41) is 2.19. The standard InChI is InChI=1S/C21H31NO6/c1-12(2)7-8-15-20(5,28-15)17-16(25-6)14(9-10-21(17)11-26-21)27-19(24)22-18(23)13(3)4/h7,14-17H,3,8-11H2,1-2,4-6H3,(H,22,23,24). The lowest BCUT2D eigenvalue weighted by Crippen LogP contribution is -2.56. The maximum atomic E-state index is 12.2. The lowest BCUT2D eigenvalue weighted by atomic mass is 9.68. The predicted octanol–water partition coefficient (Wildman–Crippen LogP) is 2.89. The van der Waals surface area contributed by atoms with E-state index in [0.29, 0.717) is 13.0 Å². The minimum atomic E-state index is -0.783. The van der Waals surface area contributed by atoms with E-state index in [2.05, 4.69) is 38.7 Å². The third-order valence-electron chi connectivity index (χ3n) is 6.10. The van der Waals surface area contributed by atoms with Crippen LogP contribution in [0.3, 0.4) is 0 Å². The fourth-order valence-corrected chi connectivity index (χ4v) is 4.44. The number of alkyl carbamates (subject to hydrolysis) is 1. The van der Waals surface area contributed by atoms with Crippen LogP contribution in [0.15, 0.2) is 23.8 Å². The molecule has 3 rings (SSSR count). The molecule has 0 bridgehead atoms. The average molecular weight is 393 g/mol. The van der Waals surface area contributed by atoms with E-state index in [9.17, 15) is 9.59 Å². The zero-order chi connectivity index (χ0) is 20.7. The number of carbonyl (C=O) groups excluding carboxylic acids is 2. The van der Waals surface area contributed by atoms with Gasteiger partial charge in [-0.3, -0.25) is 10.1 Å². The number of ether oxygens (including phenoxy) is 4. The molecule has 156 valence electrons. The molecule has 0 aromatic carbocycles. The number of rotatable bonds is 6. The normalized spacial score (nSPS) is 38.5. The van der Waals surface area contributed by atoms with Crippen molar-refractivity contribution in [1.29, 1.82) is 0 Å². The van der Waals surface area contributed by atoms with Gasteiger partial charge in [0.1, 0.15) is 23.4 Å². The van der Waals surface area contributed by atoms with Gasteiger partial charge in [-0.2, -0.15) is 0 Å². The highest BCUT2D eigenvalue weighted by Gasteiger charge is 2.72. The quantitative estimate of drug-likeness (QED) is 0.424. The van der Waals surface area contributed by atoms with Crippen LogP contribution in [0, 0.1) is 5.92 Å². The van der Waals surface area contributed by atoms with E-state index in [0.717, 1.165) is 12.8 Å². The molecule has 3 fully saturated rings. The molecule has 1 spiro atoms. The Morgan fingerprint density at radius 1 is 1.32 bits per heavy atom. The Labute approximate surface area is 166 Å². The number of hydrogen-bond acceptors (Lipinski definition) is 6. The average Bonchev–Trinajstić information content (AvgIpc) is 3.52. The van der Waals surface area contributed by atoms with Crippen molar-refractivity contribution in [2.24, 2.45) is 5.92 Å². The van der Waals surface area contributed by atoms with Crippen molar-refractivity contribution < 1.29 is 28.5 Å². The van der Waals surface area contributed by atoms with E-state index in [1.54, 1.807) is 7.11 Å². The van der Waals surface area contributed by atoms with E-state index in [1.807, 2.05) is 0 Å². The van der Waals surface area contributed by atoms with Gasteiger partial charge in [0.25, 0.3) is 5.91 Å². The lowest BCUT2D eigenvalue weighted by molar-refractivity contribution is -0.123. The molecular weight excluding hydrogens is 362 g/mol. The van der Waals surface area contributed by atoms with E-state index in [1.165, 1.54) is 12.5 Å². The van der Waals surface area contributed by atoms with Crippen LogP contribution in [0.1, 0.15) is 47.0 Å². The molecular formula is C21H31NO6. The minimum Gasteiger partial charge on any atom is -0.443 e. The first-order chi connectivity index (χ1) is 13.1. The molecule has 0 aromatic rings. The second-order valence-corrected chi connectivity index (χ2v) is 8.56. The number of hydrogen-bond donors (Lipinski definition) is 1. The van der Waals surface area contributed by atoms with Crippen LogP contribution in [-0.4, -0.2) is 55.2 Å². The Bertz CT molecular complexity index is 693. The first-order valence-corrected chi connectivity index (χ1v) is 9.78. The van der Waals surface area contributed by atoms with Crippen LogP contribution in [0.2, 0.25) is 0 Å². The van der Waals surface area contributed by atoms with Gasteiger partial charge in [-0.1, -0.05) is 18.2 Å². The zero-order valence-electron chi connectivity index (χ0n) is 17.4. The molecule has 7 heteroatoms. The summed E-state index contributed by atoms with van der Waals surface area (Å²) in [6.45, 7) is 11.9. The molecule has 2 heterocycles. The fraction of sp³-hybridized carbons (Fsp3) is 0.714. The summed E-state index contributed by atoms with van der Waals surface area (Å²) in [5.74, 6) is -0.600. The van der Waals surface area contributed by atoms with Gasteiger partial charge in [-0.15, -0.1) is 0 Å². The molecule has 1 aliphatic carbocycles. The minimum absolute atomic E-state index is 0.0519. The highest BCUT2D eigenvalue weighted by molar-refractivity contribution is 6.01. The molecule has 2 aliphatic heterocycles. The van der Waals surface area contributed by atoms with E-state index in [-0.39, 0.29) is 29.3 Å². The summed E-state index contributed by atoms with van der Waals surface area (Å²) in [7, 11) is 1.61. The molecule has 0 radical (unpaired) electrons. The van der Waals surface area contributed by atoms with Gasteiger partial charge in [0, 0.05) is 12.7 Å².